The van der Waals surface area contributed by atoms with Crippen molar-refractivity contribution in [3.63, 3.8) is 0 Å². The zero-order valence-electron chi connectivity index (χ0n) is 8.00. The van der Waals surface area contributed by atoms with Crippen LogP contribution in [0.3, 0.4) is 0 Å². The van der Waals surface area contributed by atoms with Gasteiger partial charge >= 0.3 is 0 Å². The number of carbonyl (C=O) groups excluding carboxylic acids is 1. The van der Waals surface area contributed by atoms with Crippen molar-refractivity contribution in [1.29, 1.82) is 0 Å². The van der Waals surface area contributed by atoms with Crippen LogP contribution in [-0.2, 0) is 0 Å². The lowest BCUT2D eigenvalue weighted by molar-refractivity contribution is 0.0760. The van der Waals surface area contributed by atoms with Crippen LogP contribution in [0.4, 0.5) is 0 Å². The number of aryl methyl sites for hydroxylation is 1. The first-order valence-electron chi connectivity index (χ1n) is 4.66. The summed E-state index contributed by atoms with van der Waals surface area (Å²) in [7, 11) is 0. The van der Waals surface area contributed by atoms with Gasteiger partial charge in [0.05, 0.1) is 5.38 Å². The fourth-order valence-corrected chi connectivity index (χ4v) is 1.87. The summed E-state index contributed by atoms with van der Waals surface area (Å²) in [6.07, 6.45) is 0.868. The second kappa shape index (κ2) is 3.65. The third-order valence-electron chi connectivity index (χ3n) is 2.37. The summed E-state index contributed by atoms with van der Waals surface area (Å²) in [6.45, 7) is 3.18. The van der Waals surface area contributed by atoms with E-state index in [1.54, 1.807) is 17.0 Å². The van der Waals surface area contributed by atoms with Gasteiger partial charge in [-0.1, -0.05) is 0 Å². The lowest BCUT2D eigenvalue weighted by Crippen LogP contribution is -2.28. The Morgan fingerprint density at radius 2 is 2.43 bits per heavy atom. The summed E-state index contributed by atoms with van der Waals surface area (Å²) in [4.78, 5) is 13.5. The number of halogens is 1. The number of amides is 1. The zero-order valence-corrected chi connectivity index (χ0v) is 8.75. The number of alkyl halides is 1. The van der Waals surface area contributed by atoms with E-state index in [1.807, 2.05) is 6.92 Å². The molecule has 1 saturated heterocycles. The smallest absolute Gasteiger partial charge is 0.289 e. The van der Waals surface area contributed by atoms with Crippen molar-refractivity contribution < 1.29 is 9.21 Å². The Morgan fingerprint density at radius 3 is 2.93 bits per heavy atom. The van der Waals surface area contributed by atoms with Gasteiger partial charge in [0, 0.05) is 13.1 Å². The van der Waals surface area contributed by atoms with Crippen molar-refractivity contribution in [2.24, 2.45) is 0 Å². The normalized spacial score (nSPS) is 21.6. The fraction of sp³-hybridized carbons (Fsp3) is 0.500. The number of furan rings is 1. The summed E-state index contributed by atoms with van der Waals surface area (Å²) >= 11 is 5.92. The third-order valence-corrected chi connectivity index (χ3v) is 2.73. The molecule has 3 nitrogen and oxygen atoms in total. The molecule has 1 aromatic rings. The molecule has 0 aliphatic carbocycles. The summed E-state index contributed by atoms with van der Waals surface area (Å²) in [5.41, 5.74) is 0. The van der Waals surface area contributed by atoms with Gasteiger partial charge in [0.15, 0.2) is 5.76 Å². The van der Waals surface area contributed by atoms with Gasteiger partial charge in [0.2, 0.25) is 0 Å². The van der Waals surface area contributed by atoms with E-state index in [4.69, 9.17) is 16.0 Å². The molecule has 2 heterocycles. The minimum Gasteiger partial charge on any atom is -0.456 e. The molecule has 1 fully saturated rings. The maximum Gasteiger partial charge on any atom is 0.289 e. The van der Waals surface area contributed by atoms with Gasteiger partial charge in [-0.2, -0.15) is 0 Å². The Morgan fingerprint density at radius 1 is 1.64 bits per heavy atom. The van der Waals surface area contributed by atoms with Crippen LogP contribution in [-0.4, -0.2) is 29.3 Å². The lowest BCUT2D eigenvalue weighted by atomic mass is 10.4. The molecular weight excluding hydrogens is 202 g/mol. The summed E-state index contributed by atoms with van der Waals surface area (Å²) in [5, 5.41) is 0.0926. The van der Waals surface area contributed by atoms with Crippen molar-refractivity contribution in [3.8, 4) is 0 Å². The molecule has 1 aliphatic heterocycles. The van der Waals surface area contributed by atoms with E-state index in [9.17, 15) is 4.79 Å². The Balaban J connectivity index is 2.09. The van der Waals surface area contributed by atoms with Gasteiger partial charge in [-0.25, -0.2) is 0 Å². The molecule has 0 spiro atoms. The molecule has 1 aliphatic rings. The van der Waals surface area contributed by atoms with E-state index in [0.717, 1.165) is 18.7 Å². The predicted molar refractivity (Wildman–Crippen MR) is 53.6 cm³/mol. The van der Waals surface area contributed by atoms with Crippen molar-refractivity contribution in [1.82, 2.24) is 4.90 Å². The predicted octanol–water partition coefficient (Wildman–Crippen LogP) is 2.04. The minimum absolute atomic E-state index is 0.0544. The summed E-state index contributed by atoms with van der Waals surface area (Å²) in [5.74, 6) is 1.12. The molecule has 1 unspecified atom stereocenters. The van der Waals surface area contributed by atoms with Crippen LogP contribution in [0.5, 0.6) is 0 Å². The maximum atomic E-state index is 11.8. The standard InChI is InChI=1S/C10H12ClNO2/c1-7-2-3-9(14-7)10(13)12-5-4-8(11)6-12/h2-3,8H,4-6H2,1H3. The molecule has 14 heavy (non-hydrogen) atoms. The average molecular weight is 214 g/mol. The van der Waals surface area contributed by atoms with Gasteiger partial charge in [-0.3, -0.25) is 4.79 Å². The second-order valence-electron chi connectivity index (χ2n) is 3.55. The molecule has 76 valence electrons. The second-order valence-corrected chi connectivity index (χ2v) is 4.16. The lowest BCUT2D eigenvalue weighted by Gasteiger charge is -2.12. The Kier molecular flexibility index (Phi) is 2.50. The molecule has 0 radical (unpaired) electrons. The van der Waals surface area contributed by atoms with Crippen molar-refractivity contribution in [2.45, 2.75) is 18.7 Å². The van der Waals surface area contributed by atoms with Crippen molar-refractivity contribution in [2.75, 3.05) is 13.1 Å². The fourth-order valence-electron chi connectivity index (χ4n) is 1.61. The molecule has 0 N–H and O–H groups in total. The highest BCUT2D eigenvalue weighted by Gasteiger charge is 2.26. The number of rotatable bonds is 1. The SMILES string of the molecule is Cc1ccc(C(=O)N2CCC(Cl)C2)o1. The average Bonchev–Trinajstić information content (AvgIpc) is 2.73. The van der Waals surface area contributed by atoms with Crippen LogP contribution in [0.15, 0.2) is 16.5 Å². The number of likely N-dealkylation sites (tertiary alicyclic amines) is 1. The molecule has 0 saturated carbocycles. The van der Waals surface area contributed by atoms with Crippen molar-refractivity contribution in [3.05, 3.63) is 23.7 Å². The Hall–Kier alpha value is -0.960. The number of hydrogen-bond acceptors (Lipinski definition) is 2. The highest BCUT2D eigenvalue weighted by Crippen LogP contribution is 2.18. The van der Waals surface area contributed by atoms with E-state index in [1.165, 1.54) is 0 Å². The van der Waals surface area contributed by atoms with E-state index >= 15 is 0 Å². The molecule has 1 aromatic heterocycles. The number of nitrogens with zero attached hydrogens (tertiary/aromatic N) is 1. The first-order chi connectivity index (χ1) is 6.66. The van der Waals surface area contributed by atoms with Crippen LogP contribution in [0.2, 0.25) is 0 Å². The summed E-state index contributed by atoms with van der Waals surface area (Å²) in [6, 6.07) is 3.50. The number of carbonyl (C=O) groups is 1. The van der Waals surface area contributed by atoms with Gasteiger partial charge in [-0.05, 0) is 25.5 Å². The number of hydrogen-bond donors (Lipinski definition) is 0. The van der Waals surface area contributed by atoms with Crippen LogP contribution in [0.25, 0.3) is 0 Å². The van der Waals surface area contributed by atoms with E-state index in [-0.39, 0.29) is 11.3 Å². The highest BCUT2D eigenvalue weighted by atomic mass is 35.5. The Bertz CT molecular complexity index is 348. The molecule has 0 aromatic carbocycles. The van der Waals surface area contributed by atoms with E-state index in [2.05, 4.69) is 0 Å². The topological polar surface area (TPSA) is 33.5 Å². The first kappa shape index (κ1) is 9.59. The van der Waals surface area contributed by atoms with Crippen LogP contribution < -0.4 is 0 Å². The van der Waals surface area contributed by atoms with Gasteiger partial charge in [0.25, 0.3) is 5.91 Å². The van der Waals surface area contributed by atoms with Gasteiger partial charge in [-0.15, -0.1) is 11.6 Å². The van der Waals surface area contributed by atoms with Crippen LogP contribution in [0, 0.1) is 6.92 Å². The monoisotopic (exact) mass is 213 g/mol. The molecule has 0 bridgehead atoms. The molecule has 1 atom stereocenters. The maximum absolute atomic E-state index is 11.8. The van der Waals surface area contributed by atoms with Crippen LogP contribution in [0.1, 0.15) is 22.7 Å². The first-order valence-corrected chi connectivity index (χ1v) is 5.10. The molecule has 4 heteroatoms. The van der Waals surface area contributed by atoms with E-state index < -0.39 is 0 Å². The zero-order chi connectivity index (χ0) is 10.1. The van der Waals surface area contributed by atoms with E-state index in [0.29, 0.717) is 12.3 Å². The van der Waals surface area contributed by atoms with Crippen molar-refractivity contribution >= 4 is 17.5 Å². The molecule has 2 rings (SSSR count). The van der Waals surface area contributed by atoms with Crippen LogP contribution >= 0.6 is 11.6 Å². The Labute approximate surface area is 87.6 Å². The molecule has 1 amide bonds. The van der Waals surface area contributed by atoms with Gasteiger partial charge in [0.1, 0.15) is 5.76 Å². The minimum atomic E-state index is -0.0544. The quantitative estimate of drug-likeness (QED) is 0.669. The summed E-state index contributed by atoms with van der Waals surface area (Å²) < 4.78 is 5.26. The largest absolute Gasteiger partial charge is 0.456 e. The highest BCUT2D eigenvalue weighted by molar-refractivity contribution is 6.21. The third kappa shape index (κ3) is 1.77. The molecular formula is C10H12ClNO2. The van der Waals surface area contributed by atoms with Gasteiger partial charge < -0.3 is 9.32 Å².